The second-order valence-electron chi connectivity index (χ2n) is 7.69. The lowest BCUT2D eigenvalue weighted by Crippen LogP contribution is -2.65. The first-order valence-corrected chi connectivity index (χ1v) is 11.9. The van der Waals surface area contributed by atoms with Crippen LogP contribution in [0, 0.1) is 0 Å². The molecule has 0 unspecified atom stereocenters. The number of quaternary nitrogens is 1. The van der Waals surface area contributed by atoms with E-state index in [1.807, 2.05) is 42.5 Å². The van der Waals surface area contributed by atoms with Gasteiger partial charge in [0.1, 0.15) is 12.6 Å². The molecule has 0 aliphatic carbocycles. The highest BCUT2D eigenvalue weighted by atomic mass is 32.2. The molecule has 0 bridgehead atoms. The van der Waals surface area contributed by atoms with Crippen LogP contribution in [0.15, 0.2) is 54.6 Å². The van der Waals surface area contributed by atoms with Crippen molar-refractivity contribution in [1.82, 2.24) is 10.6 Å². The number of carbonyl (C=O) groups excluding carboxylic acids is 3. The lowest BCUT2D eigenvalue weighted by molar-refractivity contribution is -0.408. The first-order chi connectivity index (χ1) is 16.7. The van der Waals surface area contributed by atoms with Gasteiger partial charge in [0.2, 0.25) is 11.8 Å². The van der Waals surface area contributed by atoms with Crippen molar-refractivity contribution in [3.8, 4) is 11.1 Å². The molecule has 2 aromatic rings. The second-order valence-corrected chi connectivity index (χ2v) is 8.72. The third-order valence-corrected chi connectivity index (χ3v) is 6.00. The molecule has 0 fully saturated rings. The standard InChI is InChI=1S/C24H27N3O7S/c25-18(24(33)34)10-11-21(29)27-19(23(32)26-12-22(30)31)13-35-14-20(28)17-8-6-16(7-9-17)15-4-2-1-3-5-15/h1-9,18-19H,10-14,25H2,(H,26,32)(H,27,29)(H,30,31)(H,33,34)/p+1/t18-,19-/m0/s1. The zero-order valence-corrected chi connectivity index (χ0v) is 19.8. The zero-order valence-electron chi connectivity index (χ0n) is 18.9. The van der Waals surface area contributed by atoms with Crippen molar-refractivity contribution in [2.24, 2.45) is 0 Å². The van der Waals surface area contributed by atoms with E-state index in [9.17, 15) is 24.0 Å². The number of aliphatic carboxylic acids is 2. The summed E-state index contributed by atoms with van der Waals surface area (Å²) in [6, 6.07) is 14.8. The van der Waals surface area contributed by atoms with Gasteiger partial charge in [-0.1, -0.05) is 54.6 Å². The van der Waals surface area contributed by atoms with E-state index in [1.165, 1.54) is 0 Å². The number of hydrogen-bond donors (Lipinski definition) is 5. The van der Waals surface area contributed by atoms with Gasteiger partial charge < -0.3 is 26.6 Å². The fourth-order valence-corrected chi connectivity index (χ4v) is 3.94. The second kappa shape index (κ2) is 13.9. The van der Waals surface area contributed by atoms with E-state index >= 15 is 0 Å². The molecular weight excluding hydrogens is 474 g/mol. The first-order valence-electron chi connectivity index (χ1n) is 10.8. The average Bonchev–Trinajstić information content (AvgIpc) is 2.85. The van der Waals surface area contributed by atoms with Crippen LogP contribution < -0.4 is 16.4 Å². The predicted octanol–water partition coefficient (Wildman–Crippen LogP) is 0.430. The highest BCUT2D eigenvalue weighted by molar-refractivity contribution is 8.00. The molecule has 7 N–H and O–H groups in total. The summed E-state index contributed by atoms with van der Waals surface area (Å²) in [7, 11) is 0. The molecule has 2 rings (SSSR count). The summed E-state index contributed by atoms with van der Waals surface area (Å²) in [6.45, 7) is -0.622. The van der Waals surface area contributed by atoms with Crippen LogP contribution in [0.5, 0.6) is 0 Å². The number of benzene rings is 2. The van der Waals surface area contributed by atoms with E-state index in [1.54, 1.807) is 12.1 Å². The molecule has 0 heterocycles. The largest absolute Gasteiger partial charge is 0.480 e. The minimum Gasteiger partial charge on any atom is -0.480 e. The molecule has 0 saturated heterocycles. The van der Waals surface area contributed by atoms with Crippen LogP contribution in [0.2, 0.25) is 0 Å². The number of thioether (sulfide) groups is 1. The van der Waals surface area contributed by atoms with Crippen LogP contribution in [0.4, 0.5) is 0 Å². The Hall–Kier alpha value is -3.70. The van der Waals surface area contributed by atoms with E-state index in [-0.39, 0.29) is 30.1 Å². The molecular formula is C24H28N3O7S+. The zero-order chi connectivity index (χ0) is 25.8. The molecule has 35 heavy (non-hydrogen) atoms. The minimum atomic E-state index is -1.24. The SMILES string of the molecule is [NH3+][C@@H](CCC(=O)N[C@@H](CSCC(=O)c1ccc(-c2ccccc2)cc1)C(=O)NCC(=O)O)C(=O)O. The molecule has 2 amide bonds. The molecule has 2 aromatic carbocycles. The summed E-state index contributed by atoms with van der Waals surface area (Å²) >= 11 is 1.12. The number of carboxylic acids is 2. The maximum atomic E-state index is 12.6. The van der Waals surface area contributed by atoms with Crippen LogP contribution in [-0.2, 0) is 19.2 Å². The van der Waals surface area contributed by atoms with Crippen LogP contribution in [0.1, 0.15) is 23.2 Å². The van der Waals surface area contributed by atoms with Gasteiger partial charge in [-0.05, 0) is 11.1 Å². The summed E-state index contributed by atoms with van der Waals surface area (Å²) < 4.78 is 0. The van der Waals surface area contributed by atoms with Crippen molar-refractivity contribution in [2.75, 3.05) is 18.1 Å². The smallest absolute Gasteiger partial charge is 0.362 e. The Bertz CT molecular complexity index is 1040. The molecule has 11 heteroatoms. The molecule has 0 saturated carbocycles. The van der Waals surface area contributed by atoms with E-state index in [0.29, 0.717) is 5.56 Å². The van der Waals surface area contributed by atoms with E-state index < -0.39 is 42.4 Å². The predicted molar refractivity (Wildman–Crippen MR) is 130 cm³/mol. The number of carboxylic acid groups (broad SMARTS) is 2. The van der Waals surface area contributed by atoms with E-state index in [2.05, 4.69) is 16.4 Å². The first kappa shape index (κ1) is 27.5. The Morgan fingerprint density at radius 1 is 0.914 bits per heavy atom. The maximum absolute atomic E-state index is 12.6. The topological polar surface area (TPSA) is 178 Å². The van der Waals surface area contributed by atoms with Gasteiger partial charge in [-0.25, -0.2) is 4.79 Å². The van der Waals surface area contributed by atoms with Gasteiger partial charge in [-0.2, -0.15) is 11.8 Å². The number of ketones is 1. The Kier molecular flexibility index (Phi) is 10.9. The van der Waals surface area contributed by atoms with Crippen LogP contribution in [0.3, 0.4) is 0 Å². The summed E-state index contributed by atoms with van der Waals surface area (Å²) in [5.41, 5.74) is 5.93. The van der Waals surface area contributed by atoms with Crippen molar-refractivity contribution in [3.05, 3.63) is 60.2 Å². The number of carbonyl (C=O) groups is 5. The van der Waals surface area contributed by atoms with Crippen molar-refractivity contribution < 1.29 is 39.9 Å². The quantitative estimate of drug-likeness (QED) is 0.231. The fraction of sp³-hybridized carbons (Fsp3) is 0.292. The molecule has 0 aliphatic rings. The summed E-state index contributed by atoms with van der Waals surface area (Å²) in [4.78, 5) is 58.7. The summed E-state index contributed by atoms with van der Waals surface area (Å²) in [5.74, 6) is -3.75. The third-order valence-electron chi connectivity index (χ3n) is 4.97. The minimum absolute atomic E-state index is 0.0186. The average molecular weight is 503 g/mol. The van der Waals surface area contributed by atoms with Crippen LogP contribution in [0.25, 0.3) is 11.1 Å². The molecule has 0 aromatic heterocycles. The Balaban J connectivity index is 1.92. The summed E-state index contributed by atoms with van der Waals surface area (Å²) in [5, 5.41) is 22.3. The van der Waals surface area contributed by atoms with Crippen molar-refractivity contribution in [3.63, 3.8) is 0 Å². The lowest BCUT2D eigenvalue weighted by atomic mass is 10.0. The highest BCUT2D eigenvalue weighted by Gasteiger charge is 2.23. The van der Waals surface area contributed by atoms with Gasteiger partial charge in [0.25, 0.3) is 0 Å². The Morgan fingerprint density at radius 3 is 2.14 bits per heavy atom. The Morgan fingerprint density at radius 2 is 1.54 bits per heavy atom. The van der Waals surface area contributed by atoms with Crippen LogP contribution in [-0.4, -0.2) is 69.9 Å². The monoisotopic (exact) mass is 502 g/mol. The molecule has 0 radical (unpaired) electrons. The number of nitrogens with one attached hydrogen (secondary N) is 2. The maximum Gasteiger partial charge on any atom is 0.362 e. The van der Waals surface area contributed by atoms with Gasteiger partial charge in [-0.3, -0.25) is 19.2 Å². The normalized spacial score (nSPS) is 12.3. The van der Waals surface area contributed by atoms with Crippen molar-refractivity contribution >= 4 is 41.3 Å². The van der Waals surface area contributed by atoms with Crippen molar-refractivity contribution in [2.45, 2.75) is 24.9 Å². The molecule has 0 aliphatic heterocycles. The van der Waals surface area contributed by atoms with Gasteiger partial charge in [0.15, 0.2) is 11.8 Å². The Labute approximate surface area is 206 Å². The number of amides is 2. The van der Waals surface area contributed by atoms with E-state index in [4.69, 9.17) is 10.2 Å². The third kappa shape index (κ3) is 9.59. The van der Waals surface area contributed by atoms with Gasteiger partial charge >= 0.3 is 11.9 Å². The number of Topliss-reactive ketones (excluding diaryl/α,β-unsaturated/α-hetero) is 1. The molecule has 0 spiro atoms. The van der Waals surface area contributed by atoms with Crippen LogP contribution >= 0.6 is 11.8 Å². The van der Waals surface area contributed by atoms with E-state index in [0.717, 1.165) is 22.9 Å². The molecule has 186 valence electrons. The van der Waals surface area contributed by atoms with Gasteiger partial charge in [0, 0.05) is 24.2 Å². The highest BCUT2D eigenvalue weighted by Crippen LogP contribution is 2.20. The van der Waals surface area contributed by atoms with Crippen molar-refractivity contribution in [1.29, 1.82) is 0 Å². The lowest BCUT2D eigenvalue weighted by Gasteiger charge is -2.18. The number of rotatable bonds is 14. The fourth-order valence-electron chi connectivity index (χ4n) is 3.00. The molecule has 10 nitrogen and oxygen atoms in total. The molecule has 2 atom stereocenters. The van der Waals surface area contributed by atoms with Gasteiger partial charge in [0.05, 0.1) is 5.75 Å². The number of hydrogen-bond acceptors (Lipinski definition) is 6. The summed E-state index contributed by atoms with van der Waals surface area (Å²) in [6.07, 6.45) is -0.185. The van der Waals surface area contributed by atoms with Gasteiger partial charge in [-0.15, -0.1) is 0 Å².